The molecule has 0 N–H and O–H groups in total. The second-order valence-electron chi connectivity index (χ2n) is 15.8. The van der Waals surface area contributed by atoms with Gasteiger partial charge in [-0.05, 0) is 94.8 Å². The van der Waals surface area contributed by atoms with E-state index in [1.165, 1.54) is 208 Å². The van der Waals surface area contributed by atoms with Gasteiger partial charge in [0.15, 0.2) is 0 Å². The van der Waals surface area contributed by atoms with Gasteiger partial charge in [-0.15, -0.1) is 22.7 Å². The lowest BCUT2D eigenvalue weighted by Crippen LogP contribution is -2.00. The Balaban J connectivity index is 1.42. The predicted octanol–water partition coefficient (Wildman–Crippen LogP) is 17.3. The van der Waals surface area contributed by atoms with Crippen LogP contribution in [0.5, 0.6) is 0 Å². The number of rotatable bonds is 26. The zero-order valence-corrected chi connectivity index (χ0v) is 34.2. The monoisotopic (exact) mass is 710 g/mol. The second kappa shape index (κ2) is 21.6. The number of hydrogen-bond acceptors (Lipinski definition) is 2. The van der Waals surface area contributed by atoms with Crippen LogP contribution in [0.4, 0.5) is 0 Å². The van der Waals surface area contributed by atoms with Crippen molar-refractivity contribution in [2.24, 2.45) is 11.8 Å². The largest absolute Gasteiger partial charge is 0.143 e. The van der Waals surface area contributed by atoms with Gasteiger partial charge >= 0.3 is 0 Å². The first-order chi connectivity index (χ1) is 24.7. The lowest BCUT2D eigenvalue weighted by Gasteiger charge is -2.16. The summed E-state index contributed by atoms with van der Waals surface area (Å²) in [4.78, 5) is 3.02. The lowest BCUT2D eigenvalue weighted by atomic mass is 9.88. The summed E-state index contributed by atoms with van der Waals surface area (Å²) in [6.45, 7) is 9.33. The number of thiophene rings is 2. The fourth-order valence-corrected chi connectivity index (χ4v) is 10.5. The molecule has 0 spiro atoms. The maximum atomic E-state index is 2.75. The van der Waals surface area contributed by atoms with Crippen molar-refractivity contribution < 1.29 is 0 Å². The number of unbranched alkanes of at least 4 members (excludes halogenated alkanes) is 16. The quantitative estimate of drug-likeness (QED) is 0.0501. The second-order valence-corrected chi connectivity index (χ2v) is 17.6. The maximum absolute atomic E-state index is 2.75. The summed E-state index contributed by atoms with van der Waals surface area (Å²) in [5.41, 5.74) is 12.1. The predicted molar refractivity (Wildman–Crippen MR) is 228 cm³/mol. The fraction of sp³-hybridized carbons (Fsp3) is 0.625. The van der Waals surface area contributed by atoms with E-state index < -0.39 is 0 Å². The molecule has 274 valence electrons. The molecule has 2 aromatic heterocycles. The van der Waals surface area contributed by atoms with Crippen molar-refractivity contribution in [3.8, 4) is 20.9 Å². The van der Waals surface area contributed by atoms with Crippen molar-refractivity contribution in [1.82, 2.24) is 0 Å². The van der Waals surface area contributed by atoms with Gasteiger partial charge in [0.2, 0.25) is 0 Å². The average molecular weight is 711 g/mol. The molecule has 0 radical (unpaired) electrons. The first-order valence-electron chi connectivity index (χ1n) is 21.5. The minimum atomic E-state index is 0.684. The molecule has 3 aromatic rings. The highest BCUT2D eigenvalue weighted by molar-refractivity contribution is 7.14. The van der Waals surface area contributed by atoms with E-state index in [2.05, 4.69) is 74.9 Å². The zero-order chi connectivity index (χ0) is 35.0. The summed E-state index contributed by atoms with van der Waals surface area (Å²) in [6, 6.07) is 10.1. The molecule has 2 heteroatoms. The number of benzene rings is 1. The highest BCUT2D eigenvalue weighted by Gasteiger charge is 2.32. The molecular formula is C48H70S2. The molecule has 1 aromatic carbocycles. The van der Waals surface area contributed by atoms with Crippen LogP contribution in [0.15, 0.2) is 47.2 Å². The van der Waals surface area contributed by atoms with E-state index in [9.17, 15) is 0 Å². The highest BCUT2D eigenvalue weighted by Crippen LogP contribution is 2.55. The Morgan fingerprint density at radius 3 is 1.08 bits per heavy atom. The third-order valence-electron chi connectivity index (χ3n) is 11.7. The van der Waals surface area contributed by atoms with E-state index in [0.717, 1.165) is 0 Å². The SMILES string of the molecule is CCCCCCCCC(/C=C1/c2cc3c(cc2-c2sccc21)/C(=C/C(CCCCCC)CCCCCCCC)c1ccsc1-3)CCCCCC. The van der Waals surface area contributed by atoms with Gasteiger partial charge in [0.1, 0.15) is 0 Å². The van der Waals surface area contributed by atoms with Crippen molar-refractivity contribution in [2.45, 2.75) is 182 Å². The zero-order valence-electron chi connectivity index (χ0n) is 32.6. The van der Waals surface area contributed by atoms with Gasteiger partial charge in [0.05, 0.1) is 0 Å². The van der Waals surface area contributed by atoms with Crippen LogP contribution in [0.25, 0.3) is 32.0 Å². The molecule has 5 rings (SSSR count). The third kappa shape index (κ3) is 10.6. The number of fused-ring (bicyclic) bond motifs is 6. The first kappa shape index (κ1) is 39.3. The average Bonchev–Trinajstić information content (AvgIpc) is 3.91. The molecule has 50 heavy (non-hydrogen) atoms. The summed E-state index contributed by atoms with van der Waals surface area (Å²) in [7, 11) is 0. The molecule has 0 nitrogen and oxygen atoms in total. The van der Waals surface area contributed by atoms with Crippen LogP contribution in [-0.2, 0) is 0 Å². The molecule has 2 heterocycles. The molecule has 0 amide bonds. The van der Waals surface area contributed by atoms with Crippen molar-refractivity contribution in [3.05, 3.63) is 69.4 Å². The van der Waals surface area contributed by atoms with Crippen molar-refractivity contribution in [2.75, 3.05) is 0 Å². The molecule has 0 bridgehead atoms. The van der Waals surface area contributed by atoms with Gasteiger partial charge in [-0.1, -0.05) is 168 Å². The van der Waals surface area contributed by atoms with Gasteiger partial charge in [-0.25, -0.2) is 0 Å². The third-order valence-corrected chi connectivity index (χ3v) is 13.6. The Morgan fingerprint density at radius 2 is 0.720 bits per heavy atom. The fourth-order valence-electron chi connectivity index (χ4n) is 8.66. The molecule has 0 aliphatic heterocycles. The van der Waals surface area contributed by atoms with E-state index in [4.69, 9.17) is 0 Å². The minimum Gasteiger partial charge on any atom is -0.143 e. The molecule has 2 atom stereocenters. The molecule has 2 aliphatic carbocycles. The van der Waals surface area contributed by atoms with Crippen LogP contribution in [-0.4, -0.2) is 0 Å². The highest BCUT2D eigenvalue weighted by atomic mass is 32.1. The van der Waals surface area contributed by atoms with Crippen LogP contribution in [0.2, 0.25) is 0 Å². The van der Waals surface area contributed by atoms with Gasteiger partial charge in [-0.3, -0.25) is 0 Å². The minimum absolute atomic E-state index is 0.684. The van der Waals surface area contributed by atoms with Crippen molar-refractivity contribution in [1.29, 1.82) is 0 Å². The van der Waals surface area contributed by atoms with E-state index in [-0.39, 0.29) is 0 Å². The van der Waals surface area contributed by atoms with Crippen LogP contribution >= 0.6 is 22.7 Å². The van der Waals surface area contributed by atoms with Gasteiger partial charge < -0.3 is 0 Å². The summed E-state index contributed by atoms with van der Waals surface area (Å²) >= 11 is 3.93. The Labute approximate surface area is 316 Å². The summed E-state index contributed by atoms with van der Waals surface area (Å²) < 4.78 is 0. The summed E-state index contributed by atoms with van der Waals surface area (Å²) in [5, 5.41) is 4.69. The van der Waals surface area contributed by atoms with Crippen LogP contribution in [0.1, 0.15) is 204 Å². The number of allylic oxidation sites excluding steroid dienone is 2. The van der Waals surface area contributed by atoms with Crippen molar-refractivity contribution >= 4 is 33.8 Å². The standard InChI is InChI=1S/C48H70S2/c1-5-9-13-17-19-23-27-37(25-21-15-11-7-3)33-41-39-29-31-49-47(39)45-36-44-42(40-30-32-50-48(40)46(44)35-43(41)45)34-38(26-22-16-12-8-4)28-24-20-18-14-10-6-2/h29-38H,5-28H2,1-4H3/b41-33+,42-34+. The summed E-state index contributed by atoms with van der Waals surface area (Å²) in [5.74, 6) is 1.37. The molecule has 0 saturated heterocycles. The summed E-state index contributed by atoms with van der Waals surface area (Å²) in [6.07, 6.45) is 38.5. The van der Waals surface area contributed by atoms with Crippen LogP contribution < -0.4 is 0 Å². The molecular weight excluding hydrogens is 641 g/mol. The molecule has 0 saturated carbocycles. The van der Waals surface area contributed by atoms with E-state index in [1.807, 2.05) is 22.7 Å². The smallest absolute Gasteiger partial charge is 0.0427 e. The van der Waals surface area contributed by atoms with Crippen molar-refractivity contribution in [3.63, 3.8) is 0 Å². The van der Waals surface area contributed by atoms with Crippen LogP contribution in [0, 0.1) is 11.8 Å². The number of hydrogen-bond donors (Lipinski definition) is 0. The van der Waals surface area contributed by atoms with E-state index in [0.29, 0.717) is 11.8 Å². The maximum Gasteiger partial charge on any atom is 0.0427 e. The first-order valence-corrected chi connectivity index (χ1v) is 23.2. The van der Waals surface area contributed by atoms with E-state index in [1.54, 1.807) is 0 Å². The van der Waals surface area contributed by atoms with Crippen LogP contribution in [0.3, 0.4) is 0 Å². The topological polar surface area (TPSA) is 0 Å². The lowest BCUT2D eigenvalue weighted by molar-refractivity contribution is 0.470. The Bertz CT molecular complexity index is 1370. The van der Waals surface area contributed by atoms with Gasteiger partial charge in [0, 0.05) is 32.0 Å². The van der Waals surface area contributed by atoms with E-state index >= 15 is 0 Å². The Kier molecular flexibility index (Phi) is 17.0. The molecule has 0 fully saturated rings. The molecule has 2 unspecified atom stereocenters. The Morgan fingerprint density at radius 1 is 0.400 bits per heavy atom. The molecule has 2 aliphatic rings. The van der Waals surface area contributed by atoms with Gasteiger partial charge in [0.25, 0.3) is 0 Å². The Hall–Kier alpha value is -1.90. The van der Waals surface area contributed by atoms with Gasteiger partial charge in [-0.2, -0.15) is 0 Å². The normalized spacial score (nSPS) is 15.8.